The van der Waals surface area contributed by atoms with E-state index in [0.29, 0.717) is 12.3 Å². The zero-order valence-electron chi connectivity index (χ0n) is 11.3. The van der Waals surface area contributed by atoms with Gasteiger partial charge >= 0.3 is 0 Å². The number of amides is 1. The molecule has 1 saturated heterocycles. The zero-order valence-corrected chi connectivity index (χ0v) is 11.3. The number of carbonyl (C=O) groups excluding carboxylic acids is 1. The Kier molecular flexibility index (Phi) is 2.82. The molecule has 4 heteroatoms. The van der Waals surface area contributed by atoms with Gasteiger partial charge in [0.2, 0.25) is 0 Å². The van der Waals surface area contributed by atoms with Crippen LogP contribution < -0.4 is 5.32 Å². The molecule has 2 aromatic rings. The average molecular weight is 258 g/mol. The van der Waals surface area contributed by atoms with Crippen LogP contribution in [0.2, 0.25) is 0 Å². The molecule has 1 aliphatic heterocycles. The van der Waals surface area contributed by atoms with Gasteiger partial charge in [0.15, 0.2) is 5.76 Å². The molecule has 0 bridgehead atoms. The molecule has 0 radical (unpaired) electrons. The normalized spacial score (nSPS) is 18.7. The molecule has 2 heterocycles. The summed E-state index contributed by atoms with van der Waals surface area (Å²) in [5.41, 5.74) is 0.722. The topological polar surface area (TPSA) is 45.5 Å². The van der Waals surface area contributed by atoms with Crippen molar-refractivity contribution in [2.45, 2.75) is 19.4 Å². The van der Waals surface area contributed by atoms with Gasteiger partial charge in [0.1, 0.15) is 5.58 Å². The minimum atomic E-state index is -0.0417. The van der Waals surface area contributed by atoms with Crippen molar-refractivity contribution in [3.05, 3.63) is 36.1 Å². The first-order valence-corrected chi connectivity index (χ1v) is 6.58. The summed E-state index contributed by atoms with van der Waals surface area (Å²) >= 11 is 0. The molecule has 0 spiro atoms. The second-order valence-corrected chi connectivity index (χ2v) is 5.69. The Balaban J connectivity index is 1.87. The van der Waals surface area contributed by atoms with Gasteiger partial charge in [-0.05, 0) is 26.0 Å². The third-order valence-corrected chi connectivity index (χ3v) is 3.49. The van der Waals surface area contributed by atoms with E-state index in [1.54, 1.807) is 0 Å². The third-order valence-electron chi connectivity index (χ3n) is 3.49. The van der Waals surface area contributed by atoms with Crippen LogP contribution in [0.25, 0.3) is 11.0 Å². The van der Waals surface area contributed by atoms with Crippen molar-refractivity contribution >= 4 is 16.9 Å². The van der Waals surface area contributed by atoms with Crippen LogP contribution in [0.5, 0.6) is 0 Å². The van der Waals surface area contributed by atoms with Crippen molar-refractivity contribution in [1.29, 1.82) is 0 Å². The van der Waals surface area contributed by atoms with Crippen molar-refractivity contribution in [2.24, 2.45) is 0 Å². The Bertz CT molecular complexity index is 582. The number of para-hydroxylation sites is 1. The number of piperazine rings is 1. The van der Waals surface area contributed by atoms with Crippen LogP contribution in [0.1, 0.15) is 24.4 Å². The highest BCUT2D eigenvalue weighted by Gasteiger charge is 2.30. The van der Waals surface area contributed by atoms with Gasteiger partial charge in [0, 0.05) is 30.6 Å². The number of carbonyl (C=O) groups is 1. The lowest BCUT2D eigenvalue weighted by atomic mass is 10.0. The van der Waals surface area contributed by atoms with E-state index in [4.69, 9.17) is 4.42 Å². The lowest BCUT2D eigenvalue weighted by Crippen LogP contribution is -2.58. The Morgan fingerprint density at radius 3 is 2.89 bits per heavy atom. The summed E-state index contributed by atoms with van der Waals surface area (Å²) in [6, 6.07) is 9.52. The Hall–Kier alpha value is -1.81. The van der Waals surface area contributed by atoms with Gasteiger partial charge in [0.05, 0.1) is 0 Å². The van der Waals surface area contributed by atoms with Crippen LogP contribution in [0, 0.1) is 0 Å². The van der Waals surface area contributed by atoms with Gasteiger partial charge in [-0.15, -0.1) is 0 Å². The number of nitrogens with one attached hydrogen (secondary N) is 1. The number of fused-ring (bicyclic) bond motifs is 1. The second kappa shape index (κ2) is 4.38. The number of hydrogen-bond donors (Lipinski definition) is 1. The van der Waals surface area contributed by atoms with E-state index in [9.17, 15) is 4.79 Å². The first-order chi connectivity index (χ1) is 9.05. The molecular formula is C15H18N2O2. The molecule has 3 rings (SSSR count). The smallest absolute Gasteiger partial charge is 0.289 e. The second-order valence-electron chi connectivity index (χ2n) is 5.69. The molecule has 19 heavy (non-hydrogen) atoms. The van der Waals surface area contributed by atoms with Crippen LogP contribution in [-0.2, 0) is 0 Å². The first kappa shape index (κ1) is 12.2. The van der Waals surface area contributed by atoms with Crippen molar-refractivity contribution in [2.75, 3.05) is 19.6 Å². The molecule has 4 nitrogen and oxygen atoms in total. The van der Waals surface area contributed by atoms with Gasteiger partial charge in [0.25, 0.3) is 5.91 Å². The highest BCUT2D eigenvalue weighted by molar-refractivity contribution is 5.96. The molecule has 100 valence electrons. The quantitative estimate of drug-likeness (QED) is 0.853. The fourth-order valence-corrected chi connectivity index (χ4v) is 2.56. The molecule has 1 aromatic heterocycles. The van der Waals surface area contributed by atoms with Crippen LogP contribution in [0.3, 0.4) is 0 Å². The molecular weight excluding hydrogens is 240 g/mol. The number of nitrogens with zero attached hydrogens (tertiary/aromatic N) is 1. The summed E-state index contributed by atoms with van der Waals surface area (Å²) in [7, 11) is 0. The molecule has 0 unspecified atom stereocenters. The Morgan fingerprint density at radius 2 is 2.16 bits per heavy atom. The molecule has 1 fully saturated rings. The molecule has 1 aliphatic rings. The third kappa shape index (κ3) is 2.36. The molecule has 1 N–H and O–H groups in total. The maximum absolute atomic E-state index is 12.5. The van der Waals surface area contributed by atoms with Crippen molar-refractivity contribution in [3.8, 4) is 0 Å². The fourth-order valence-electron chi connectivity index (χ4n) is 2.56. The number of rotatable bonds is 1. The van der Waals surface area contributed by atoms with Crippen LogP contribution in [0.15, 0.2) is 34.7 Å². The van der Waals surface area contributed by atoms with E-state index < -0.39 is 0 Å². The molecule has 0 aliphatic carbocycles. The highest BCUT2D eigenvalue weighted by Crippen LogP contribution is 2.21. The van der Waals surface area contributed by atoms with E-state index in [1.807, 2.05) is 35.2 Å². The van der Waals surface area contributed by atoms with Crippen LogP contribution in [0.4, 0.5) is 0 Å². The number of benzene rings is 1. The number of furan rings is 1. The summed E-state index contributed by atoms with van der Waals surface area (Å²) in [5.74, 6) is 0.407. The van der Waals surface area contributed by atoms with Crippen molar-refractivity contribution in [3.63, 3.8) is 0 Å². The van der Waals surface area contributed by atoms with Gasteiger partial charge < -0.3 is 14.6 Å². The van der Waals surface area contributed by atoms with Crippen LogP contribution >= 0.6 is 0 Å². The SMILES string of the molecule is CC1(C)CN(C(=O)c2cc3ccccc3o2)CCN1. The predicted molar refractivity (Wildman–Crippen MR) is 74.2 cm³/mol. The maximum Gasteiger partial charge on any atom is 0.289 e. The van der Waals surface area contributed by atoms with Gasteiger partial charge in [-0.25, -0.2) is 0 Å². The zero-order chi connectivity index (χ0) is 13.5. The maximum atomic E-state index is 12.5. The summed E-state index contributed by atoms with van der Waals surface area (Å²) in [6.45, 7) is 6.44. The van der Waals surface area contributed by atoms with E-state index >= 15 is 0 Å². The van der Waals surface area contributed by atoms with Gasteiger partial charge in [-0.2, -0.15) is 0 Å². The van der Waals surface area contributed by atoms with Crippen molar-refractivity contribution < 1.29 is 9.21 Å². The first-order valence-electron chi connectivity index (χ1n) is 6.58. The molecule has 1 amide bonds. The summed E-state index contributed by atoms with van der Waals surface area (Å²) in [5, 5.41) is 4.37. The largest absolute Gasteiger partial charge is 0.451 e. The monoisotopic (exact) mass is 258 g/mol. The Morgan fingerprint density at radius 1 is 1.37 bits per heavy atom. The lowest BCUT2D eigenvalue weighted by Gasteiger charge is -2.38. The minimum Gasteiger partial charge on any atom is -0.451 e. The van der Waals surface area contributed by atoms with E-state index in [2.05, 4.69) is 19.2 Å². The van der Waals surface area contributed by atoms with Gasteiger partial charge in [-0.3, -0.25) is 4.79 Å². The predicted octanol–water partition coefficient (Wildman–Crippen LogP) is 2.26. The number of hydrogen-bond acceptors (Lipinski definition) is 3. The van der Waals surface area contributed by atoms with E-state index in [1.165, 1.54) is 0 Å². The summed E-state index contributed by atoms with van der Waals surface area (Å²) < 4.78 is 5.64. The Labute approximate surface area is 112 Å². The minimum absolute atomic E-state index is 0.0224. The van der Waals surface area contributed by atoms with Crippen LogP contribution in [-0.4, -0.2) is 36.0 Å². The fraction of sp³-hybridized carbons (Fsp3) is 0.400. The van der Waals surface area contributed by atoms with Gasteiger partial charge in [-0.1, -0.05) is 18.2 Å². The summed E-state index contributed by atoms with van der Waals surface area (Å²) in [4.78, 5) is 14.3. The highest BCUT2D eigenvalue weighted by atomic mass is 16.3. The average Bonchev–Trinajstić information content (AvgIpc) is 2.80. The lowest BCUT2D eigenvalue weighted by molar-refractivity contribution is 0.0623. The molecule has 1 aromatic carbocycles. The summed E-state index contributed by atoms with van der Waals surface area (Å²) in [6.07, 6.45) is 0. The van der Waals surface area contributed by atoms with E-state index in [-0.39, 0.29) is 11.4 Å². The standard InChI is InChI=1S/C15H18N2O2/c1-15(2)10-17(8-7-16-15)14(18)13-9-11-5-3-4-6-12(11)19-13/h3-6,9,16H,7-8,10H2,1-2H3. The van der Waals surface area contributed by atoms with E-state index in [0.717, 1.165) is 24.1 Å². The van der Waals surface area contributed by atoms with Crippen molar-refractivity contribution in [1.82, 2.24) is 10.2 Å². The molecule has 0 saturated carbocycles. The molecule has 0 atom stereocenters.